The number of nitrogens with zero attached hydrogens (tertiary/aromatic N) is 3. The van der Waals surface area contributed by atoms with Gasteiger partial charge in [-0.3, -0.25) is 9.89 Å². The second kappa shape index (κ2) is 9.13. The molecular formula is C23H32F3N5O2. The molecule has 4 N–H and O–H groups in total. The number of halogens is 3. The summed E-state index contributed by atoms with van der Waals surface area (Å²) in [5.74, 6) is 0.532. The molecule has 33 heavy (non-hydrogen) atoms. The molecular weight excluding hydrogens is 435 g/mol. The van der Waals surface area contributed by atoms with Crippen LogP contribution in [0.1, 0.15) is 39.2 Å². The predicted molar refractivity (Wildman–Crippen MR) is 121 cm³/mol. The van der Waals surface area contributed by atoms with Gasteiger partial charge in [-0.15, -0.1) is 13.2 Å². The lowest BCUT2D eigenvalue weighted by molar-refractivity contribution is -0.274. The lowest BCUT2D eigenvalue weighted by atomic mass is 10.00. The van der Waals surface area contributed by atoms with E-state index in [-0.39, 0.29) is 23.7 Å². The maximum Gasteiger partial charge on any atom is 0.573 e. The van der Waals surface area contributed by atoms with Crippen molar-refractivity contribution in [1.82, 2.24) is 9.88 Å². The van der Waals surface area contributed by atoms with Crippen LogP contribution in [0.25, 0.3) is 5.70 Å². The van der Waals surface area contributed by atoms with Crippen LogP contribution in [-0.2, 0) is 4.74 Å². The Kier molecular flexibility index (Phi) is 6.59. The van der Waals surface area contributed by atoms with Crippen LogP contribution in [0, 0.1) is 17.8 Å². The van der Waals surface area contributed by atoms with E-state index in [4.69, 9.17) is 21.2 Å². The van der Waals surface area contributed by atoms with Gasteiger partial charge in [-0.2, -0.15) is 0 Å². The summed E-state index contributed by atoms with van der Waals surface area (Å²) in [4.78, 5) is 11.2. The van der Waals surface area contributed by atoms with Gasteiger partial charge in [0.05, 0.1) is 12.7 Å². The van der Waals surface area contributed by atoms with Gasteiger partial charge in [0.25, 0.3) is 0 Å². The molecule has 1 aromatic heterocycles. The van der Waals surface area contributed by atoms with Crippen LogP contribution >= 0.6 is 0 Å². The van der Waals surface area contributed by atoms with Crippen molar-refractivity contribution in [3.8, 4) is 5.75 Å². The van der Waals surface area contributed by atoms with Crippen molar-refractivity contribution in [1.29, 1.82) is 0 Å². The van der Waals surface area contributed by atoms with E-state index in [2.05, 4.69) is 21.5 Å². The number of allylic oxidation sites excluding steroid dienone is 1. The summed E-state index contributed by atoms with van der Waals surface area (Å²) in [5, 5.41) is 0. The van der Waals surface area contributed by atoms with Crippen LogP contribution in [0.15, 0.2) is 23.3 Å². The van der Waals surface area contributed by atoms with E-state index in [1.165, 1.54) is 6.20 Å². The lowest BCUT2D eigenvalue weighted by Crippen LogP contribution is -2.46. The van der Waals surface area contributed by atoms with Crippen LogP contribution in [0.2, 0.25) is 0 Å². The number of aliphatic imine (C=N–C) groups is 1. The summed E-state index contributed by atoms with van der Waals surface area (Å²) >= 11 is 0. The zero-order valence-corrected chi connectivity index (χ0v) is 19.2. The zero-order valence-electron chi connectivity index (χ0n) is 19.2. The molecule has 0 spiro atoms. The first kappa shape index (κ1) is 23.8. The fourth-order valence-electron chi connectivity index (χ4n) is 5.31. The molecule has 182 valence electrons. The highest BCUT2D eigenvalue weighted by molar-refractivity contribution is 6.04. The lowest BCUT2D eigenvalue weighted by Gasteiger charge is -2.36. The summed E-state index contributed by atoms with van der Waals surface area (Å²) < 4.78 is 47.6. The van der Waals surface area contributed by atoms with E-state index in [1.807, 2.05) is 13.8 Å². The molecule has 3 aliphatic rings. The van der Waals surface area contributed by atoms with Crippen LogP contribution < -0.4 is 16.2 Å². The number of rotatable bonds is 6. The Morgan fingerprint density at radius 2 is 2.03 bits per heavy atom. The minimum Gasteiger partial charge on any atom is -0.402 e. The number of hydrogen-bond donors (Lipinski definition) is 2. The second-order valence-corrected chi connectivity index (χ2v) is 9.56. The average molecular weight is 468 g/mol. The SMILES string of the molecule is CC(C)N=C(C=C(N)c1cnc(N)c(OC(F)(F)F)c1)C1C2CC(N3CCOC(C)C3)CC21. The predicted octanol–water partition coefficient (Wildman–Crippen LogP) is 3.46. The van der Waals surface area contributed by atoms with Gasteiger partial charge in [0.1, 0.15) is 0 Å². The van der Waals surface area contributed by atoms with E-state index >= 15 is 0 Å². The first-order valence-corrected chi connectivity index (χ1v) is 11.4. The molecule has 1 aliphatic heterocycles. The summed E-state index contributed by atoms with van der Waals surface area (Å²) in [6.45, 7) is 8.85. The molecule has 0 aromatic carbocycles. The molecule has 0 amide bonds. The van der Waals surface area contributed by atoms with Gasteiger partial charge in [-0.1, -0.05) is 0 Å². The van der Waals surface area contributed by atoms with Crippen LogP contribution in [0.3, 0.4) is 0 Å². The van der Waals surface area contributed by atoms with E-state index in [0.29, 0.717) is 29.4 Å². The molecule has 3 unspecified atom stereocenters. The van der Waals surface area contributed by atoms with E-state index in [0.717, 1.165) is 44.3 Å². The maximum atomic E-state index is 12.7. The molecule has 7 nitrogen and oxygen atoms in total. The molecule has 0 radical (unpaired) electrons. The first-order chi connectivity index (χ1) is 15.5. The molecule has 2 aliphatic carbocycles. The van der Waals surface area contributed by atoms with Gasteiger partial charge in [0.15, 0.2) is 11.6 Å². The Morgan fingerprint density at radius 1 is 1.33 bits per heavy atom. The number of nitrogen functional groups attached to an aromatic ring is 1. The second-order valence-electron chi connectivity index (χ2n) is 9.56. The highest BCUT2D eigenvalue weighted by Crippen LogP contribution is 2.59. The largest absolute Gasteiger partial charge is 0.573 e. The quantitative estimate of drug-likeness (QED) is 0.622. The molecule has 4 rings (SSSR count). The number of ether oxygens (including phenoxy) is 2. The molecule has 0 bridgehead atoms. The Bertz CT molecular complexity index is 921. The Hall–Kier alpha value is -2.33. The molecule has 3 fully saturated rings. The topological polar surface area (TPSA) is 99.0 Å². The fraction of sp³-hybridized carbons (Fsp3) is 0.652. The number of morpholine rings is 1. The molecule has 3 atom stereocenters. The molecule has 1 saturated heterocycles. The van der Waals surface area contributed by atoms with E-state index in [9.17, 15) is 13.2 Å². The molecule has 2 heterocycles. The minimum absolute atomic E-state index is 0.0786. The van der Waals surface area contributed by atoms with Crippen molar-refractivity contribution >= 4 is 17.2 Å². The first-order valence-electron chi connectivity index (χ1n) is 11.4. The highest BCUT2D eigenvalue weighted by Gasteiger charge is 2.58. The van der Waals surface area contributed by atoms with E-state index in [1.54, 1.807) is 6.08 Å². The summed E-state index contributed by atoms with van der Waals surface area (Å²) in [6, 6.07) is 1.82. The van der Waals surface area contributed by atoms with Gasteiger partial charge >= 0.3 is 6.36 Å². The van der Waals surface area contributed by atoms with Crippen molar-refractivity contribution < 1.29 is 22.6 Å². The number of hydrogen-bond acceptors (Lipinski definition) is 7. The third-order valence-corrected chi connectivity index (χ3v) is 6.70. The number of nitrogens with two attached hydrogens (primary N) is 2. The van der Waals surface area contributed by atoms with Crippen LogP contribution in [0.5, 0.6) is 5.75 Å². The van der Waals surface area contributed by atoms with Crippen LogP contribution in [-0.4, -0.2) is 59.8 Å². The van der Waals surface area contributed by atoms with E-state index < -0.39 is 12.1 Å². The van der Waals surface area contributed by atoms with Gasteiger partial charge in [0, 0.05) is 54.3 Å². The normalized spacial score (nSPS) is 31.1. The van der Waals surface area contributed by atoms with Gasteiger partial charge in [0.2, 0.25) is 0 Å². The Morgan fingerprint density at radius 3 is 2.64 bits per heavy atom. The summed E-state index contributed by atoms with van der Waals surface area (Å²) in [5.41, 5.74) is 13.3. The summed E-state index contributed by atoms with van der Waals surface area (Å²) in [6.07, 6.45) is 0.782. The zero-order chi connectivity index (χ0) is 23.9. The molecule has 2 saturated carbocycles. The third kappa shape index (κ3) is 5.60. The highest BCUT2D eigenvalue weighted by atomic mass is 19.4. The molecule has 1 aromatic rings. The fourth-order valence-corrected chi connectivity index (χ4v) is 5.31. The smallest absolute Gasteiger partial charge is 0.402 e. The van der Waals surface area contributed by atoms with Crippen molar-refractivity contribution in [2.45, 2.75) is 58.2 Å². The van der Waals surface area contributed by atoms with Gasteiger partial charge in [-0.25, -0.2) is 4.98 Å². The van der Waals surface area contributed by atoms with Gasteiger partial charge < -0.3 is 20.9 Å². The Balaban J connectivity index is 1.48. The van der Waals surface area contributed by atoms with Crippen molar-refractivity contribution in [2.75, 3.05) is 25.4 Å². The Labute approximate surface area is 192 Å². The number of fused-ring (bicyclic) bond motifs is 1. The maximum absolute atomic E-state index is 12.7. The monoisotopic (exact) mass is 467 g/mol. The van der Waals surface area contributed by atoms with Crippen molar-refractivity contribution in [3.63, 3.8) is 0 Å². The summed E-state index contributed by atoms with van der Waals surface area (Å²) in [7, 11) is 0. The number of alkyl halides is 3. The average Bonchev–Trinajstić information content (AvgIpc) is 3.20. The van der Waals surface area contributed by atoms with Crippen molar-refractivity contribution in [3.05, 3.63) is 23.9 Å². The number of aromatic nitrogens is 1. The third-order valence-electron chi connectivity index (χ3n) is 6.70. The van der Waals surface area contributed by atoms with Crippen LogP contribution in [0.4, 0.5) is 19.0 Å². The minimum atomic E-state index is -4.86. The number of pyridine rings is 1. The van der Waals surface area contributed by atoms with Gasteiger partial charge in [-0.05, 0) is 57.6 Å². The molecule has 10 heteroatoms. The standard InChI is InChI=1S/C23H32F3N5O2/c1-12(2)30-19(9-18(27)14-6-20(22(28)29-10-14)33-23(24,25)26)21-16-7-15(8-17(16)21)31-4-5-32-13(3)11-31/h6,9-10,12-13,15-17,21H,4-5,7-8,11,27H2,1-3H3,(H2,28,29). The van der Waals surface area contributed by atoms with Crippen molar-refractivity contribution in [2.24, 2.45) is 28.5 Å². The number of anilines is 1.